The van der Waals surface area contributed by atoms with E-state index in [4.69, 9.17) is 10.2 Å². The molecule has 0 radical (unpaired) electrons. The van der Waals surface area contributed by atoms with Gasteiger partial charge in [0.05, 0.1) is 12.2 Å². The van der Waals surface area contributed by atoms with Gasteiger partial charge in [-0.25, -0.2) is 4.79 Å². The molecule has 0 bridgehead atoms. The minimum absolute atomic E-state index is 0.173. The summed E-state index contributed by atoms with van der Waals surface area (Å²) in [6.45, 7) is -0.239. The fourth-order valence-corrected chi connectivity index (χ4v) is 2.09. The molecule has 70 valence electrons. The van der Waals surface area contributed by atoms with Crippen molar-refractivity contribution >= 4 is 51.2 Å². The van der Waals surface area contributed by atoms with Crippen LogP contribution in [0, 0.1) is 7.14 Å². The molecule has 0 aliphatic heterocycles. The monoisotopic (exact) mass is 404 g/mol. The Morgan fingerprint density at radius 2 is 2.00 bits per heavy atom. The SMILES string of the molecule is O=C(O)c1ccc(I)c(I)c1CO. The molecule has 1 rings (SSSR count). The van der Waals surface area contributed by atoms with Crippen molar-refractivity contribution in [3.63, 3.8) is 0 Å². The highest BCUT2D eigenvalue weighted by Crippen LogP contribution is 2.23. The molecule has 3 nitrogen and oxygen atoms in total. The molecule has 0 spiro atoms. The summed E-state index contributed by atoms with van der Waals surface area (Å²) in [6.07, 6.45) is 0. The van der Waals surface area contributed by atoms with Crippen LogP contribution in [0.1, 0.15) is 15.9 Å². The van der Waals surface area contributed by atoms with E-state index in [9.17, 15) is 4.79 Å². The van der Waals surface area contributed by atoms with Crippen LogP contribution in [-0.4, -0.2) is 16.2 Å². The maximum Gasteiger partial charge on any atom is 0.336 e. The van der Waals surface area contributed by atoms with E-state index < -0.39 is 5.97 Å². The van der Waals surface area contributed by atoms with Gasteiger partial charge in [-0.1, -0.05) is 0 Å². The third-order valence-electron chi connectivity index (χ3n) is 1.58. The molecule has 0 amide bonds. The highest BCUT2D eigenvalue weighted by atomic mass is 127. The number of carbonyl (C=O) groups is 1. The Kier molecular flexibility index (Phi) is 3.92. The van der Waals surface area contributed by atoms with Crippen molar-refractivity contribution in [2.24, 2.45) is 0 Å². The van der Waals surface area contributed by atoms with Crippen molar-refractivity contribution in [1.82, 2.24) is 0 Å². The number of hydrogen-bond donors (Lipinski definition) is 2. The van der Waals surface area contributed by atoms with Gasteiger partial charge in [0.15, 0.2) is 0 Å². The summed E-state index contributed by atoms with van der Waals surface area (Å²) in [5.41, 5.74) is 0.660. The highest BCUT2D eigenvalue weighted by molar-refractivity contribution is 14.1. The lowest BCUT2D eigenvalue weighted by Gasteiger charge is -2.06. The maximum atomic E-state index is 10.7. The van der Waals surface area contributed by atoms with Crippen LogP contribution in [0.25, 0.3) is 0 Å². The fourth-order valence-electron chi connectivity index (χ4n) is 0.948. The van der Waals surface area contributed by atoms with E-state index in [0.717, 1.165) is 7.14 Å². The normalized spacial score (nSPS) is 10.1. The van der Waals surface area contributed by atoms with Gasteiger partial charge in [-0.3, -0.25) is 0 Å². The van der Waals surface area contributed by atoms with Crippen molar-refractivity contribution < 1.29 is 15.0 Å². The highest BCUT2D eigenvalue weighted by Gasteiger charge is 2.13. The first kappa shape index (κ1) is 11.2. The summed E-state index contributed by atoms with van der Waals surface area (Å²) in [5.74, 6) is -1.00. The number of carboxylic acid groups (broad SMARTS) is 1. The zero-order valence-electron chi connectivity index (χ0n) is 6.42. The van der Waals surface area contributed by atoms with Gasteiger partial charge < -0.3 is 10.2 Å². The van der Waals surface area contributed by atoms with Crippen LogP contribution in [-0.2, 0) is 6.61 Å². The van der Waals surface area contributed by atoms with Crippen molar-refractivity contribution in [2.45, 2.75) is 6.61 Å². The van der Waals surface area contributed by atoms with Crippen LogP contribution in [0.3, 0.4) is 0 Å². The fraction of sp³-hybridized carbons (Fsp3) is 0.125. The average molecular weight is 404 g/mol. The van der Waals surface area contributed by atoms with E-state index in [0.29, 0.717) is 5.56 Å². The van der Waals surface area contributed by atoms with Crippen LogP contribution in [0.15, 0.2) is 12.1 Å². The average Bonchev–Trinajstić information content (AvgIpc) is 2.09. The summed E-state index contributed by atoms with van der Waals surface area (Å²) in [6, 6.07) is 3.24. The second-order valence-electron chi connectivity index (χ2n) is 2.35. The lowest BCUT2D eigenvalue weighted by atomic mass is 10.1. The summed E-state index contributed by atoms with van der Waals surface area (Å²) in [7, 11) is 0. The van der Waals surface area contributed by atoms with Gasteiger partial charge in [-0.05, 0) is 57.3 Å². The Hall–Kier alpha value is 0.110. The standard InChI is InChI=1S/C8H6I2O3/c9-6-2-1-4(8(12)13)5(3-11)7(6)10/h1-2,11H,3H2,(H,12,13). The predicted octanol–water partition coefficient (Wildman–Crippen LogP) is 2.09. The Labute approximate surface area is 102 Å². The smallest absolute Gasteiger partial charge is 0.336 e. The number of aliphatic hydroxyl groups is 1. The molecule has 5 heteroatoms. The first-order valence-electron chi connectivity index (χ1n) is 3.39. The summed E-state index contributed by atoms with van der Waals surface area (Å²) in [4.78, 5) is 10.7. The molecular weight excluding hydrogens is 398 g/mol. The largest absolute Gasteiger partial charge is 0.478 e. The zero-order valence-corrected chi connectivity index (χ0v) is 10.7. The van der Waals surface area contributed by atoms with E-state index in [-0.39, 0.29) is 12.2 Å². The van der Waals surface area contributed by atoms with Gasteiger partial charge in [0.25, 0.3) is 0 Å². The van der Waals surface area contributed by atoms with Crippen LogP contribution < -0.4 is 0 Å². The molecule has 0 saturated carbocycles. The number of aliphatic hydroxyl groups excluding tert-OH is 1. The summed E-state index contributed by atoms with van der Waals surface area (Å²) >= 11 is 4.13. The van der Waals surface area contributed by atoms with Crippen LogP contribution >= 0.6 is 45.2 Å². The molecule has 0 aromatic heterocycles. The third kappa shape index (κ3) is 2.32. The second kappa shape index (κ2) is 4.56. The number of carboxylic acids is 1. The van der Waals surface area contributed by atoms with Gasteiger partial charge in [-0.15, -0.1) is 0 Å². The van der Waals surface area contributed by atoms with Crippen molar-refractivity contribution in [3.05, 3.63) is 30.4 Å². The van der Waals surface area contributed by atoms with Gasteiger partial charge in [0.2, 0.25) is 0 Å². The van der Waals surface area contributed by atoms with Crippen LogP contribution in [0.5, 0.6) is 0 Å². The number of benzene rings is 1. The van der Waals surface area contributed by atoms with E-state index in [1.54, 1.807) is 6.07 Å². The second-order valence-corrected chi connectivity index (χ2v) is 4.59. The quantitative estimate of drug-likeness (QED) is 0.743. The third-order valence-corrected chi connectivity index (χ3v) is 4.75. The Morgan fingerprint density at radius 1 is 1.38 bits per heavy atom. The molecule has 1 aromatic rings. The Morgan fingerprint density at radius 3 is 2.46 bits per heavy atom. The lowest BCUT2D eigenvalue weighted by molar-refractivity contribution is 0.0693. The van der Waals surface area contributed by atoms with Crippen molar-refractivity contribution in [2.75, 3.05) is 0 Å². The number of hydrogen-bond acceptors (Lipinski definition) is 2. The lowest BCUT2D eigenvalue weighted by Crippen LogP contribution is -2.05. The van der Waals surface area contributed by atoms with Crippen LogP contribution in [0.2, 0.25) is 0 Å². The molecule has 0 saturated heterocycles. The minimum Gasteiger partial charge on any atom is -0.478 e. The zero-order chi connectivity index (χ0) is 10.0. The van der Waals surface area contributed by atoms with Crippen molar-refractivity contribution in [3.8, 4) is 0 Å². The molecule has 0 aliphatic rings. The molecule has 0 unspecified atom stereocenters. The molecular formula is C8H6I2O3. The molecule has 0 fully saturated rings. The van der Waals surface area contributed by atoms with Crippen LogP contribution in [0.4, 0.5) is 0 Å². The summed E-state index contributed by atoms with van der Waals surface area (Å²) in [5, 5.41) is 17.8. The Bertz CT molecular complexity index is 349. The first-order chi connectivity index (χ1) is 6.07. The minimum atomic E-state index is -1.00. The maximum absolute atomic E-state index is 10.7. The Balaban J connectivity index is 3.38. The molecule has 2 N–H and O–H groups in total. The molecule has 13 heavy (non-hydrogen) atoms. The summed E-state index contributed by atoms with van der Waals surface area (Å²) < 4.78 is 1.76. The molecule has 0 aliphatic carbocycles. The van der Waals surface area contributed by atoms with E-state index in [1.807, 2.05) is 22.6 Å². The van der Waals surface area contributed by atoms with E-state index in [2.05, 4.69) is 22.6 Å². The predicted molar refractivity (Wildman–Crippen MR) is 64.8 cm³/mol. The first-order valence-corrected chi connectivity index (χ1v) is 5.54. The van der Waals surface area contributed by atoms with Gasteiger partial charge >= 0.3 is 5.97 Å². The number of halogens is 2. The van der Waals surface area contributed by atoms with Gasteiger partial charge in [0.1, 0.15) is 0 Å². The number of rotatable bonds is 2. The molecule has 0 atom stereocenters. The molecule has 0 heterocycles. The number of aromatic carboxylic acids is 1. The van der Waals surface area contributed by atoms with Gasteiger partial charge in [0, 0.05) is 12.7 Å². The van der Waals surface area contributed by atoms with Gasteiger partial charge in [-0.2, -0.15) is 0 Å². The van der Waals surface area contributed by atoms with E-state index in [1.165, 1.54) is 6.07 Å². The van der Waals surface area contributed by atoms with E-state index >= 15 is 0 Å². The molecule has 1 aromatic carbocycles. The topological polar surface area (TPSA) is 57.5 Å². The van der Waals surface area contributed by atoms with Crippen molar-refractivity contribution in [1.29, 1.82) is 0 Å².